The summed E-state index contributed by atoms with van der Waals surface area (Å²) in [6, 6.07) is 19.5. The molecule has 2 rings (SSSR count). The van der Waals surface area contributed by atoms with Crippen molar-refractivity contribution in [1.82, 2.24) is 5.32 Å². The summed E-state index contributed by atoms with van der Waals surface area (Å²) >= 11 is 0. The Labute approximate surface area is 97.1 Å². The van der Waals surface area contributed by atoms with E-state index in [0.29, 0.717) is 0 Å². The smallest absolute Gasteiger partial charge is 0.0574 e. The molecule has 0 aliphatic heterocycles. The van der Waals surface area contributed by atoms with Crippen LogP contribution >= 0.6 is 0 Å². The van der Waals surface area contributed by atoms with E-state index >= 15 is 0 Å². The van der Waals surface area contributed by atoms with Crippen LogP contribution in [0.1, 0.15) is 22.7 Å². The largest absolute Gasteiger partial charge is 0.309 e. The predicted molar refractivity (Wildman–Crippen MR) is 68.5 cm³/mol. The van der Waals surface area contributed by atoms with E-state index in [-0.39, 0.29) is 6.04 Å². The maximum atomic E-state index is 3.35. The molecule has 0 fully saturated rings. The van der Waals surface area contributed by atoms with Crippen LogP contribution in [0.3, 0.4) is 0 Å². The molecular weight excluding hydrogens is 194 g/mol. The third-order valence-corrected chi connectivity index (χ3v) is 2.83. The molecule has 0 aliphatic carbocycles. The number of nitrogens with one attached hydrogen (secondary N) is 1. The second-order valence-corrected chi connectivity index (χ2v) is 4.04. The van der Waals surface area contributed by atoms with Crippen LogP contribution in [0.2, 0.25) is 0 Å². The van der Waals surface area contributed by atoms with Crippen molar-refractivity contribution in [3.05, 3.63) is 71.3 Å². The van der Waals surface area contributed by atoms with Gasteiger partial charge in [-0.15, -0.1) is 0 Å². The lowest BCUT2D eigenvalue weighted by Gasteiger charge is -2.17. The predicted octanol–water partition coefficient (Wildman–Crippen LogP) is 3.30. The summed E-state index contributed by atoms with van der Waals surface area (Å²) < 4.78 is 0. The fraction of sp³-hybridized carbons (Fsp3) is 0.200. The Morgan fingerprint density at radius 2 is 1.38 bits per heavy atom. The van der Waals surface area contributed by atoms with Crippen molar-refractivity contribution >= 4 is 0 Å². The third kappa shape index (κ3) is 2.31. The van der Waals surface area contributed by atoms with Gasteiger partial charge in [-0.05, 0) is 25.1 Å². The van der Waals surface area contributed by atoms with Gasteiger partial charge < -0.3 is 5.32 Å². The molecule has 0 bridgehead atoms. The highest BCUT2D eigenvalue weighted by Gasteiger charge is 2.10. The SMILES string of the molecule is CNC(c1ccccc1)c1ccc(C)cc1. The maximum absolute atomic E-state index is 3.35. The highest BCUT2D eigenvalue weighted by atomic mass is 14.9. The average molecular weight is 211 g/mol. The van der Waals surface area contributed by atoms with E-state index < -0.39 is 0 Å². The van der Waals surface area contributed by atoms with Gasteiger partial charge in [0.15, 0.2) is 0 Å². The minimum atomic E-state index is 0.279. The fourth-order valence-electron chi connectivity index (χ4n) is 1.93. The topological polar surface area (TPSA) is 12.0 Å². The van der Waals surface area contributed by atoms with Gasteiger partial charge in [-0.1, -0.05) is 60.2 Å². The summed E-state index contributed by atoms with van der Waals surface area (Å²) in [5, 5.41) is 3.35. The quantitative estimate of drug-likeness (QED) is 0.821. The van der Waals surface area contributed by atoms with Crippen molar-refractivity contribution in [2.75, 3.05) is 7.05 Å². The molecule has 0 heterocycles. The van der Waals surface area contributed by atoms with E-state index in [1.807, 2.05) is 13.1 Å². The average Bonchev–Trinajstić information content (AvgIpc) is 2.34. The van der Waals surface area contributed by atoms with E-state index in [2.05, 4.69) is 60.8 Å². The molecule has 0 aromatic heterocycles. The fourth-order valence-corrected chi connectivity index (χ4v) is 1.93. The first-order valence-corrected chi connectivity index (χ1v) is 5.60. The molecule has 0 aliphatic rings. The van der Waals surface area contributed by atoms with Crippen molar-refractivity contribution in [2.24, 2.45) is 0 Å². The van der Waals surface area contributed by atoms with Crippen molar-refractivity contribution in [2.45, 2.75) is 13.0 Å². The van der Waals surface area contributed by atoms with Crippen LogP contribution in [0.15, 0.2) is 54.6 Å². The summed E-state index contributed by atoms with van der Waals surface area (Å²) in [5.74, 6) is 0. The Morgan fingerprint density at radius 1 is 0.812 bits per heavy atom. The maximum Gasteiger partial charge on any atom is 0.0574 e. The van der Waals surface area contributed by atoms with E-state index in [9.17, 15) is 0 Å². The summed E-state index contributed by atoms with van der Waals surface area (Å²) in [5.41, 5.74) is 3.90. The van der Waals surface area contributed by atoms with Crippen LogP contribution < -0.4 is 5.32 Å². The lowest BCUT2D eigenvalue weighted by Crippen LogP contribution is -2.17. The van der Waals surface area contributed by atoms with Crippen molar-refractivity contribution in [3.8, 4) is 0 Å². The normalized spacial score (nSPS) is 12.4. The van der Waals surface area contributed by atoms with E-state index in [0.717, 1.165) is 0 Å². The number of aryl methyl sites for hydroxylation is 1. The van der Waals surface area contributed by atoms with Gasteiger partial charge >= 0.3 is 0 Å². The number of rotatable bonds is 3. The first-order chi connectivity index (χ1) is 7.81. The van der Waals surface area contributed by atoms with Gasteiger partial charge in [0.25, 0.3) is 0 Å². The van der Waals surface area contributed by atoms with E-state index in [1.54, 1.807) is 0 Å². The summed E-state index contributed by atoms with van der Waals surface area (Å²) in [7, 11) is 2.00. The second kappa shape index (κ2) is 4.95. The van der Waals surface area contributed by atoms with Gasteiger partial charge in [-0.25, -0.2) is 0 Å². The molecule has 82 valence electrons. The van der Waals surface area contributed by atoms with Gasteiger partial charge in [0, 0.05) is 0 Å². The number of hydrogen-bond acceptors (Lipinski definition) is 1. The third-order valence-electron chi connectivity index (χ3n) is 2.83. The molecule has 16 heavy (non-hydrogen) atoms. The Hall–Kier alpha value is -1.60. The zero-order valence-electron chi connectivity index (χ0n) is 9.77. The van der Waals surface area contributed by atoms with Crippen LogP contribution in [-0.2, 0) is 0 Å². The van der Waals surface area contributed by atoms with Crippen molar-refractivity contribution in [1.29, 1.82) is 0 Å². The molecule has 1 unspecified atom stereocenters. The standard InChI is InChI=1S/C15H17N/c1-12-8-10-14(11-9-12)15(16-2)13-6-4-3-5-7-13/h3-11,15-16H,1-2H3. The summed E-state index contributed by atoms with van der Waals surface area (Å²) in [6.45, 7) is 2.11. The Bertz CT molecular complexity index is 431. The highest BCUT2D eigenvalue weighted by Crippen LogP contribution is 2.21. The van der Waals surface area contributed by atoms with Crippen LogP contribution in [0.5, 0.6) is 0 Å². The minimum Gasteiger partial charge on any atom is -0.309 e. The van der Waals surface area contributed by atoms with Crippen LogP contribution in [0, 0.1) is 6.92 Å². The number of hydrogen-bond donors (Lipinski definition) is 1. The van der Waals surface area contributed by atoms with Crippen molar-refractivity contribution < 1.29 is 0 Å². The molecule has 0 radical (unpaired) electrons. The van der Waals surface area contributed by atoms with Crippen molar-refractivity contribution in [3.63, 3.8) is 0 Å². The molecule has 2 aromatic carbocycles. The monoisotopic (exact) mass is 211 g/mol. The molecule has 1 heteroatoms. The lowest BCUT2D eigenvalue weighted by atomic mass is 9.98. The molecule has 2 aromatic rings. The van der Waals surface area contributed by atoms with Gasteiger partial charge in [-0.2, -0.15) is 0 Å². The molecule has 0 saturated heterocycles. The van der Waals surface area contributed by atoms with Crippen LogP contribution in [-0.4, -0.2) is 7.05 Å². The first-order valence-electron chi connectivity index (χ1n) is 5.60. The Kier molecular flexibility index (Phi) is 3.37. The Balaban J connectivity index is 2.33. The molecule has 0 amide bonds. The molecule has 0 spiro atoms. The molecule has 1 atom stereocenters. The molecule has 1 N–H and O–H groups in total. The molecular formula is C15H17N. The van der Waals surface area contributed by atoms with Crippen LogP contribution in [0.4, 0.5) is 0 Å². The minimum absolute atomic E-state index is 0.279. The van der Waals surface area contributed by atoms with Gasteiger partial charge in [0.05, 0.1) is 6.04 Å². The number of benzene rings is 2. The van der Waals surface area contributed by atoms with Gasteiger partial charge in [-0.3, -0.25) is 0 Å². The zero-order chi connectivity index (χ0) is 11.4. The Morgan fingerprint density at radius 3 is 1.94 bits per heavy atom. The molecule has 1 nitrogen and oxygen atoms in total. The summed E-state index contributed by atoms with van der Waals surface area (Å²) in [4.78, 5) is 0. The molecule has 0 saturated carbocycles. The first kappa shape index (κ1) is 10.9. The highest BCUT2D eigenvalue weighted by molar-refractivity contribution is 5.33. The van der Waals surface area contributed by atoms with Gasteiger partial charge in [0.2, 0.25) is 0 Å². The van der Waals surface area contributed by atoms with Gasteiger partial charge in [0.1, 0.15) is 0 Å². The van der Waals surface area contributed by atoms with Crippen LogP contribution in [0.25, 0.3) is 0 Å². The van der Waals surface area contributed by atoms with E-state index in [4.69, 9.17) is 0 Å². The van der Waals surface area contributed by atoms with E-state index in [1.165, 1.54) is 16.7 Å². The lowest BCUT2D eigenvalue weighted by molar-refractivity contribution is 0.692. The summed E-state index contributed by atoms with van der Waals surface area (Å²) in [6.07, 6.45) is 0. The second-order valence-electron chi connectivity index (χ2n) is 4.04. The zero-order valence-corrected chi connectivity index (χ0v) is 9.77.